The summed E-state index contributed by atoms with van der Waals surface area (Å²) in [6, 6.07) is 5.20. The summed E-state index contributed by atoms with van der Waals surface area (Å²) in [6.07, 6.45) is 0.825. The maximum Gasteiger partial charge on any atom is 0.165 e. The fourth-order valence-corrected chi connectivity index (χ4v) is 1.85. The highest BCUT2D eigenvalue weighted by molar-refractivity contribution is 5.33. The van der Waals surface area contributed by atoms with Gasteiger partial charge in [0.15, 0.2) is 11.6 Å². The smallest absolute Gasteiger partial charge is 0.165 e. The first-order valence-corrected chi connectivity index (χ1v) is 6.01. The fraction of sp³-hybridized carbons (Fsp3) is 0.571. The van der Waals surface area contributed by atoms with Gasteiger partial charge >= 0.3 is 0 Å². The quantitative estimate of drug-likeness (QED) is 0.787. The normalized spacial score (nSPS) is 20.6. The standard InChI is InChI=1S/C14H19FO2/c1-14(2,3)10-4-5-13(12(15)8-10)17-11-6-7-16-9-11/h4-5,8,11H,6-7,9H2,1-3H3. The number of halogens is 1. The van der Waals surface area contributed by atoms with Crippen LogP contribution in [-0.4, -0.2) is 19.3 Å². The van der Waals surface area contributed by atoms with Crippen molar-refractivity contribution in [3.8, 4) is 5.75 Å². The van der Waals surface area contributed by atoms with Gasteiger partial charge in [-0.05, 0) is 23.1 Å². The van der Waals surface area contributed by atoms with E-state index in [1.165, 1.54) is 0 Å². The van der Waals surface area contributed by atoms with Crippen LogP contribution in [0, 0.1) is 5.82 Å². The van der Waals surface area contributed by atoms with Crippen molar-refractivity contribution in [1.29, 1.82) is 0 Å². The molecule has 0 saturated carbocycles. The molecule has 3 heteroatoms. The van der Waals surface area contributed by atoms with Gasteiger partial charge in [-0.3, -0.25) is 0 Å². The van der Waals surface area contributed by atoms with E-state index >= 15 is 0 Å². The van der Waals surface area contributed by atoms with E-state index in [1.54, 1.807) is 12.1 Å². The molecule has 17 heavy (non-hydrogen) atoms. The highest BCUT2D eigenvalue weighted by atomic mass is 19.1. The predicted molar refractivity (Wildman–Crippen MR) is 65.0 cm³/mol. The van der Waals surface area contributed by atoms with Crippen molar-refractivity contribution in [1.82, 2.24) is 0 Å². The van der Waals surface area contributed by atoms with Crippen LogP contribution in [0.5, 0.6) is 5.75 Å². The molecule has 1 fully saturated rings. The summed E-state index contributed by atoms with van der Waals surface area (Å²) in [5.74, 6) is 0.0397. The van der Waals surface area contributed by atoms with Gasteiger partial charge in [0.1, 0.15) is 6.10 Å². The van der Waals surface area contributed by atoms with Crippen molar-refractivity contribution in [3.63, 3.8) is 0 Å². The van der Waals surface area contributed by atoms with E-state index in [0.29, 0.717) is 19.0 Å². The second-order valence-corrected chi connectivity index (χ2v) is 5.50. The Labute approximate surface area is 102 Å². The van der Waals surface area contributed by atoms with Gasteiger partial charge in [-0.2, -0.15) is 0 Å². The Bertz CT molecular complexity index is 390. The lowest BCUT2D eigenvalue weighted by molar-refractivity contribution is 0.138. The summed E-state index contributed by atoms with van der Waals surface area (Å²) in [6.45, 7) is 7.44. The molecule has 0 radical (unpaired) electrons. The lowest BCUT2D eigenvalue weighted by Crippen LogP contribution is -2.17. The first kappa shape index (κ1) is 12.4. The van der Waals surface area contributed by atoms with E-state index in [-0.39, 0.29) is 17.3 Å². The number of hydrogen-bond donors (Lipinski definition) is 0. The molecule has 1 heterocycles. The molecule has 1 aliphatic rings. The Morgan fingerprint density at radius 1 is 1.35 bits per heavy atom. The minimum absolute atomic E-state index is 0.00927. The van der Waals surface area contributed by atoms with E-state index in [4.69, 9.17) is 9.47 Å². The van der Waals surface area contributed by atoms with E-state index in [0.717, 1.165) is 12.0 Å². The first-order chi connectivity index (χ1) is 7.97. The van der Waals surface area contributed by atoms with Crippen LogP contribution in [-0.2, 0) is 10.2 Å². The van der Waals surface area contributed by atoms with Gasteiger partial charge in [0, 0.05) is 6.42 Å². The van der Waals surface area contributed by atoms with Crippen LogP contribution < -0.4 is 4.74 Å². The molecule has 0 aliphatic carbocycles. The summed E-state index contributed by atoms with van der Waals surface area (Å²) in [7, 11) is 0. The van der Waals surface area contributed by atoms with E-state index in [9.17, 15) is 4.39 Å². The minimum Gasteiger partial charge on any atom is -0.485 e. The highest BCUT2D eigenvalue weighted by Crippen LogP contribution is 2.28. The van der Waals surface area contributed by atoms with Crippen LogP contribution in [0.25, 0.3) is 0 Å². The van der Waals surface area contributed by atoms with Gasteiger partial charge in [-0.1, -0.05) is 26.8 Å². The van der Waals surface area contributed by atoms with Crippen molar-refractivity contribution >= 4 is 0 Å². The molecule has 1 atom stereocenters. The van der Waals surface area contributed by atoms with Gasteiger partial charge < -0.3 is 9.47 Å². The van der Waals surface area contributed by atoms with E-state index < -0.39 is 0 Å². The highest BCUT2D eigenvalue weighted by Gasteiger charge is 2.20. The molecule has 0 spiro atoms. The molecule has 0 bridgehead atoms. The van der Waals surface area contributed by atoms with Crippen molar-refractivity contribution in [2.75, 3.05) is 13.2 Å². The zero-order valence-electron chi connectivity index (χ0n) is 10.6. The first-order valence-electron chi connectivity index (χ1n) is 6.01. The maximum atomic E-state index is 13.9. The van der Waals surface area contributed by atoms with E-state index in [2.05, 4.69) is 20.8 Å². The topological polar surface area (TPSA) is 18.5 Å². The lowest BCUT2D eigenvalue weighted by atomic mass is 9.87. The molecule has 1 aromatic rings. The molecular formula is C14H19FO2. The summed E-state index contributed by atoms with van der Waals surface area (Å²) >= 11 is 0. The SMILES string of the molecule is CC(C)(C)c1ccc(OC2CCOC2)c(F)c1. The third-order valence-electron chi connectivity index (χ3n) is 2.98. The van der Waals surface area contributed by atoms with Gasteiger partial charge in [0.05, 0.1) is 13.2 Å². The Morgan fingerprint density at radius 2 is 2.12 bits per heavy atom. The van der Waals surface area contributed by atoms with Crippen molar-refractivity contribution in [3.05, 3.63) is 29.6 Å². The Hall–Kier alpha value is -1.09. The molecule has 94 valence electrons. The second-order valence-electron chi connectivity index (χ2n) is 5.50. The fourth-order valence-electron chi connectivity index (χ4n) is 1.85. The third-order valence-corrected chi connectivity index (χ3v) is 2.98. The maximum absolute atomic E-state index is 13.9. The van der Waals surface area contributed by atoms with Crippen LogP contribution in [0.4, 0.5) is 4.39 Å². The number of hydrogen-bond acceptors (Lipinski definition) is 2. The zero-order valence-corrected chi connectivity index (χ0v) is 10.6. The summed E-state index contributed by atoms with van der Waals surface area (Å²) in [5.41, 5.74) is 0.931. The molecule has 0 N–H and O–H groups in total. The molecular weight excluding hydrogens is 219 g/mol. The predicted octanol–water partition coefficient (Wildman–Crippen LogP) is 3.29. The summed E-state index contributed by atoms with van der Waals surface area (Å²) in [5, 5.41) is 0. The average Bonchev–Trinajstić information content (AvgIpc) is 2.72. The molecule has 1 aliphatic heterocycles. The van der Waals surface area contributed by atoms with E-state index in [1.807, 2.05) is 6.07 Å². The van der Waals surface area contributed by atoms with Crippen LogP contribution in [0.15, 0.2) is 18.2 Å². The largest absolute Gasteiger partial charge is 0.485 e. The number of ether oxygens (including phenoxy) is 2. The lowest BCUT2D eigenvalue weighted by Gasteiger charge is -2.20. The summed E-state index contributed by atoms with van der Waals surface area (Å²) in [4.78, 5) is 0. The Morgan fingerprint density at radius 3 is 2.65 bits per heavy atom. The minimum atomic E-state index is -0.288. The number of rotatable bonds is 2. The Balaban J connectivity index is 2.14. The third kappa shape index (κ3) is 2.97. The van der Waals surface area contributed by atoms with Crippen LogP contribution in [0.1, 0.15) is 32.8 Å². The molecule has 2 rings (SSSR count). The molecule has 1 saturated heterocycles. The van der Waals surface area contributed by atoms with Gasteiger partial charge in [-0.25, -0.2) is 4.39 Å². The second kappa shape index (κ2) is 4.65. The number of benzene rings is 1. The Kier molecular flexibility index (Phi) is 3.38. The van der Waals surface area contributed by atoms with Crippen LogP contribution in [0.3, 0.4) is 0 Å². The molecule has 1 aromatic carbocycles. The van der Waals surface area contributed by atoms with Crippen LogP contribution >= 0.6 is 0 Å². The van der Waals surface area contributed by atoms with Gasteiger partial charge in [0.25, 0.3) is 0 Å². The van der Waals surface area contributed by atoms with Gasteiger partial charge in [0.2, 0.25) is 0 Å². The zero-order chi connectivity index (χ0) is 12.5. The van der Waals surface area contributed by atoms with Crippen molar-refractivity contribution in [2.24, 2.45) is 0 Å². The van der Waals surface area contributed by atoms with Crippen molar-refractivity contribution in [2.45, 2.75) is 38.7 Å². The molecule has 0 aromatic heterocycles. The summed E-state index contributed by atoms with van der Waals surface area (Å²) < 4.78 is 24.6. The average molecular weight is 238 g/mol. The molecule has 0 amide bonds. The monoisotopic (exact) mass is 238 g/mol. The van der Waals surface area contributed by atoms with Gasteiger partial charge in [-0.15, -0.1) is 0 Å². The van der Waals surface area contributed by atoms with Crippen molar-refractivity contribution < 1.29 is 13.9 Å². The molecule has 1 unspecified atom stereocenters. The molecule has 2 nitrogen and oxygen atoms in total. The van der Waals surface area contributed by atoms with Crippen LogP contribution in [0.2, 0.25) is 0 Å².